The highest BCUT2D eigenvalue weighted by atomic mass is 16.5. The summed E-state index contributed by atoms with van der Waals surface area (Å²) in [5.74, 6) is 2.98. The SMILES string of the molecule is C#Cc1cc(=O)n(-c2ccccc2)c2nc(Nc3ccc(N4CCN(C5COC5)CC4)cc3)ncc12. The molecule has 2 fully saturated rings. The molecule has 4 heterocycles. The van der Waals surface area contributed by atoms with Crippen molar-refractivity contribution >= 4 is 28.4 Å². The van der Waals surface area contributed by atoms with Gasteiger partial charge in [-0.15, -0.1) is 6.42 Å². The zero-order valence-electron chi connectivity index (χ0n) is 19.8. The van der Waals surface area contributed by atoms with Crippen LogP contribution in [0.15, 0.2) is 71.7 Å². The van der Waals surface area contributed by atoms with Gasteiger partial charge in [0.2, 0.25) is 5.95 Å². The van der Waals surface area contributed by atoms with Gasteiger partial charge in [-0.05, 0) is 36.4 Å². The molecule has 2 aliphatic rings. The summed E-state index contributed by atoms with van der Waals surface area (Å²) in [6.07, 6.45) is 7.33. The van der Waals surface area contributed by atoms with E-state index in [1.165, 1.54) is 11.8 Å². The minimum atomic E-state index is -0.236. The summed E-state index contributed by atoms with van der Waals surface area (Å²) in [6, 6.07) is 19.7. The van der Waals surface area contributed by atoms with Crippen LogP contribution in [0.1, 0.15) is 5.56 Å². The topological polar surface area (TPSA) is 75.5 Å². The molecule has 0 unspecified atom stereocenters. The third-order valence-electron chi connectivity index (χ3n) is 6.87. The second-order valence-corrected chi connectivity index (χ2v) is 9.03. The fraction of sp³-hybridized carbons (Fsp3) is 0.250. The van der Waals surface area contributed by atoms with Crippen molar-refractivity contribution in [2.75, 3.05) is 49.6 Å². The van der Waals surface area contributed by atoms with Crippen molar-refractivity contribution in [3.05, 3.63) is 82.8 Å². The van der Waals surface area contributed by atoms with Gasteiger partial charge in [0.15, 0.2) is 5.65 Å². The number of pyridine rings is 1. The van der Waals surface area contributed by atoms with E-state index in [1.807, 2.05) is 42.5 Å². The lowest BCUT2D eigenvalue weighted by atomic mass is 10.1. The maximum Gasteiger partial charge on any atom is 0.258 e. The van der Waals surface area contributed by atoms with E-state index in [0.717, 1.165) is 50.8 Å². The van der Waals surface area contributed by atoms with Gasteiger partial charge in [0.1, 0.15) is 0 Å². The Balaban J connectivity index is 1.24. The van der Waals surface area contributed by atoms with Gasteiger partial charge in [0, 0.05) is 55.4 Å². The maximum absolute atomic E-state index is 12.9. The third kappa shape index (κ3) is 4.19. The molecule has 2 aromatic heterocycles. The lowest BCUT2D eigenvalue weighted by Crippen LogP contribution is -2.56. The molecule has 0 saturated carbocycles. The number of hydrogen-bond donors (Lipinski definition) is 1. The van der Waals surface area contributed by atoms with E-state index in [9.17, 15) is 4.79 Å². The predicted molar refractivity (Wildman–Crippen MR) is 141 cm³/mol. The van der Waals surface area contributed by atoms with Crippen LogP contribution in [0.2, 0.25) is 0 Å². The van der Waals surface area contributed by atoms with Crippen LogP contribution in [-0.2, 0) is 4.74 Å². The van der Waals surface area contributed by atoms with Crippen molar-refractivity contribution in [3.63, 3.8) is 0 Å². The van der Waals surface area contributed by atoms with Crippen LogP contribution >= 0.6 is 0 Å². The van der Waals surface area contributed by atoms with Crippen LogP contribution in [-0.4, -0.2) is 64.9 Å². The number of aromatic nitrogens is 3. The Labute approximate surface area is 209 Å². The van der Waals surface area contributed by atoms with Gasteiger partial charge in [0.05, 0.1) is 30.3 Å². The summed E-state index contributed by atoms with van der Waals surface area (Å²) in [5.41, 5.74) is 3.48. The van der Waals surface area contributed by atoms with E-state index in [4.69, 9.17) is 11.2 Å². The second-order valence-electron chi connectivity index (χ2n) is 9.03. The molecule has 6 rings (SSSR count). The second kappa shape index (κ2) is 9.46. The molecular weight excluding hydrogens is 452 g/mol. The van der Waals surface area contributed by atoms with E-state index < -0.39 is 0 Å². The summed E-state index contributed by atoms with van der Waals surface area (Å²) in [4.78, 5) is 27.0. The highest BCUT2D eigenvalue weighted by Crippen LogP contribution is 2.24. The zero-order valence-corrected chi connectivity index (χ0v) is 19.8. The first kappa shape index (κ1) is 22.3. The molecule has 0 spiro atoms. The van der Waals surface area contributed by atoms with E-state index in [1.54, 1.807) is 10.8 Å². The number of rotatable bonds is 5. The largest absolute Gasteiger partial charge is 0.378 e. The molecule has 2 saturated heterocycles. The Morgan fingerprint density at radius 2 is 1.72 bits per heavy atom. The quantitative estimate of drug-likeness (QED) is 0.442. The van der Waals surface area contributed by atoms with Gasteiger partial charge in [-0.3, -0.25) is 14.3 Å². The minimum absolute atomic E-state index is 0.236. The summed E-state index contributed by atoms with van der Waals surface area (Å²) in [5, 5.41) is 3.92. The number of nitrogens with one attached hydrogen (secondary N) is 1. The highest BCUT2D eigenvalue weighted by Gasteiger charge is 2.28. The van der Waals surface area contributed by atoms with Crippen molar-refractivity contribution in [1.29, 1.82) is 0 Å². The fourth-order valence-corrected chi connectivity index (χ4v) is 4.77. The van der Waals surface area contributed by atoms with Crippen LogP contribution in [0.25, 0.3) is 16.7 Å². The van der Waals surface area contributed by atoms with Gasteiger partial charge in [0.25, 0.3) is 5.56 Å². The minimum Gasteiger partial charge on any atom is -0.378 e. The molecule has 0 amide bonds. The molecule has 1 N–H and O–H groups in total. The van der Waals surface area contributed by atoms with Crippen LogP contribution in [0.3, 0.4) is 0 Å². The van der Waals surface area contributed by atoms with E-state index >= 15 is 0 Å². The normalized spacial score (nSPS) is 16.5. The number of para-hydroxylation sites is 1. The van der Waals surface area contributed by atoms with E-state index in [0.29, 0.717) is 28.6 Å². The molecule has 0 radical (unpaired) electrons. The average molecular weight is 479 g/mol. The van der Waals surface area contributed by atoms with Crippen LogP contribution in [0.4, 0.5) is 17.3 Å². The van der Waals surface area contributed by atoms with E-state index in [2.05, 4.69) is 43.1 Å². The van der Waals surface area contributed by atoms with E-state index in [-0.39, 0.29) is 5.56 Å². The summed E-state index contributed by atoms with van der Waals surface area (Å²) in [7, 11) is 0. The number of benzene rings is 2. The first-order valence-corrected chi connectivity index (χ1v) is 12.1. The number of terminal acetylenes is 1. The van der Waals surface area contributed by atoms with Crippen molar-refractivity contribution in [3.8, 4) is 18.0 Å². The molecule has 0 aliphatic carbocycles. The van der Waals surface area contributed by atoms with Crippen molar-refractivity contribution in [2.45, 2.75) is 6.04 Å². The summed E-state index contributed by atoms with van der Waals surface area (Å²) >= 11 is 0. The molecular formula is C28H26N6O2. The smallest absolute Gasteiger partial charge is 0.258 e. The first-order chi connectivity index (χ1) is 17.7. The van der Waals surface area contributed by atoms with Gasteiger partial charge >= 0.3 is 0 Å². The average Bonchev–Trinajstić information content (AvgIpc) is 2.88. The van der Waals surface area contributed by atoms with Gasteiger partial charge in [-0.2, -0.15) is 4.98 Å². The van der Waals surface area contributed by atoms with Crippen molar-refractivity contribution < 1.29 is 4.74 Å². The van der Waals surface area contributed by atoms with Crippen molar-refractivity contribution in [1.82, 2.24) is 19.4 Å². The predicted octanol–water partition coefficient (Wildman–Crippen LogP) is 3.03. The number of nitrogens with zero attached hydrogens (tertiary/aromatic N) is 5. The van der Waals surface area contributed by atoms with Gasteiger partial charge < -0.3 is 15.0 Å². The summed E-state index contributed by atoms with van der Waals surface area (Å²) in [6.45, 7) is 5.85. The number of hydrogen-bond acceptors (Lipinski definition) is 7. The Morgan fingerprint density at radius 1 is 0.972 bits per heavy atom. The lowest BCUT2D eigenvalue weighted by molar-refractivity contribution is -0.0660. The number of piperazine rings is 1. The maximum atomic E-state index is 12.9. The molecule has 4 aromatic rings. The molecule has 36 heavy (non-hydrogen) atoms. The lowest BCUT2D eigenvalue weighted by Gasteiger charge is -2.43. The first-order valence-electron chi connectivity index (χ1n) is 12.1. The molecule has 2 aliphatic heterocycles. The highest BCUT2D eigenvalue weighted by molar-refractivity contribution is 5.84. The zero-order chi connectivity index (χ0) is 24.5. The number of anilines is 3. The molecule has 8 heteroatoms. The Hall–Kier alpha value is -4.19. The van der Waals surface area contributed by atoms with Gasteiger partial charge in [-0.25, -0.2) is 4.98 Å². The standard InChI is InChI=1S/C28H26N6O2/c1-2-20-16-26(35)34(23-6-4-3-5-7-23)27-25(20)17-29-28(31-27)30-21-8-10-22(11-9-21)32-12-14-33(15-13-32)24-18-36-19-24/h1,3-11,16-17,24H,12-15,18-19H2,(H,29,30,31). The Bertz CT molecular complexity index is 1480. The fourth-order valence-electron chi connectivity index (χ4n) is 4.77. The van der Waals surface area contributed by atoms with Crippen LogP contribution in [0.5, 0.6) is 0 Å². The van der Waals surface area contributed by atoms with Crippen molar-refractivity contribution in [2.24, 2.45) is 0 Å². The van der Waals surface area contributed by atoms with Crippen LogP contribution in [0, 0.1) is 12.3 Å². The summed E-state index contributed by atoms with van der Waals surface area (Å²) < 4.78 is 6.89. The molecule has 0 atom stereocenters. The Kier molecular flexibility index (Phi) is 5.85. The van der Waals surface area contributed by atoms with Gasteiger partial charge in [-0.1, -0.05) is 24.1 Å². The number of fused-ring (bicyclic) bond motifs is 1. The molecule has 8 nitrogen and oxygen atoms in total. The number of ether oxygens (including phenoxy) is 1. The van der Waals surface area contributed by atoms with Crippen LogP contribution < -0.4 is 15.8 Å². The molecule has 2 aromatic carbocycles. The molecule has 180 valence electrons. The third-order valence-corrected chi connectivity index (χ3v) is 6.87. The Morgan fingerprint density at radius 3 is 2.39 bits per heavy atom. The monoisotopic (exact) mass is 478 g/mol. The molecule has 0 bridgehead atoms.